The molecule has 1 atom stereocenters. The molecule has 4 nitrogen and oxygen atoms in total. The van der Waals surface area contributed by atoms with Gasteiger partial charge in [0.25, 0.3) is 0 Å². The van der Waals surface area contributed by atoms with Crippen molar-refractivity contribution in [3.8, 4) is 0 Å². The number of hydrazine groups is 1. The second-order valence-electron chi connectivity index (χ2n) is 5.45. The molecule has 1 aromatic heterocycles. The zero-order valence-electron chi connectivity index (χ0n) is 12.5. The third-order valence-electron chi connectivity index (χ3n) is 3.66. The topological polar surface area (TPSA) is 55.9 Å². The van der Waals surface area contributed by atoms with Crippen LogP contribution in [0.3, 0.4) is 0 Å². The molecule has 1 heterocycles. The van der Waals surface area contributed by atoms with Crippen molar-refractivity contribution in [3.05, 3.63) is 53.3 Å². The van der Waals surface area contributed by atoms with Crippen LogP contribution in [0.2, 0.25) is 0 Å². The number of benzene rings is 1. The van der Waals surface area contributed by atoms with Crippen LogP contribution < -0.4 is 11.3 Å². The summed E-state index contributed by atoms with van der Waals surface area (Å²) in [6, 6.07) is 8.79. The molecule has 0 spiro atoms. The van der Waals surface area contributed by atoms with Gasteiger partial charge in [0.1, 0.15) is 0 Å². The van der Waals surface area contributed by atoms with Crippen molar-refractivity contribution in [1.29, 1.82) is 0 Å². The van der Waals surface area contributed by atoms with Crippen LogP contribution in [0.4, 0.5) is 0 Å². The van der Waals surface area contributed by atoms with E-state index in [1.54, 1.807) is 0 Å². The summed E-state index contributed by atoms with van der Waals surface area (Å²) in [7, 11) is 0. The van der Waals surface area contributed by atoms with Crippen LogP contribution in [-0.2, 0) is 13.0 Å². The van der Waals surface area contributed by atoms with Gasteiger partial charge in [0, 0.05) is 12.7 Å². The van der Waals surface area contributed by atoms with Crippen LogP contribution in [0.25, 0.3) is 0 Å². The van der Waals surface area contributed by atoms with Gasteiger partial charge in [-0.1, -0.05) is 38.1 Å². The van der Waals surface area contributed by atoms with Crippen molar-refractivity contribution in [3.63, 3.8) is 0 Å². The zero-order valence-corrected chi connectivity index (χ0v) is 12.5. The molecule has 0 bridgehead atoms. The van der Waals surface area contributed by atoms with Crippen molar-refractivity contribution in [2.24, 2.45) is 5.84 Å². The van der Waals surface area contributed by atoms with E-state index in [4.69, 9.17) is 5.84 Å². The lowest BCUT2D eigenvalue weighted by molar-refractivity contribution is 0.551. The molecule has 0 saturated heterocycles. The maximum atomic E-state index is 5.71. The minimum absolute atomic E-state index is 0.116. The molecule has 0 aliphatic heterocycles. The molecular weight excluding hydrogens is 248 g/mol. The fourth-order valence-corrected chi connectivity index (χ4v) is 2.31. The molecule has 0 saturated carbocycles. The second kappa shape index (κ2) is 6.68. The minimum atomic E-state index is 0.116. The Labute approximate surface area is 121 Å². The summed E-state index contributed by atoms with van der Waals surface area (Å²) < 4.78 is 1.94. The Morgan fingerprint density at radius 1 is 1.20 bits per heavy atom. The van der Waals surface area contributed by atoms with E-state index >= 15 is 0 Å². The lowest BCUT2D eigenvalue weighted by Crippen LogP contribution is -2.29. The Morgan fingerprint density at radius 3 is 2.35 bits per heavy atom. The molecule has 0 radical (unpaired) electrons. The molecule has 0 fully saturated rings. The van der Waals surface area contributed by atoms with Gasteiger partial charge in [0.15, 0.2) is 0 Å². The fraction of sp³-hybridized carbons (Fsp3) is 0.438. The van der Waals surface area contributed by atoms with E-state index in [9.17, 15) is 0 Å². The van der Waals surface area contributed by atoms with Crippen molar-refractivity contribution in [2.75, 3.05) is 0 Å². The number of nitrogens with two attached hydrogens (primary N) is 1. The molecule has 20 heavy (non-hydrogen) atoms. The van der Waals surface area contributed by atoms with Crippen molar-refractivity contribution >= 4 is 0 Å². The Hall–Kier alpha value is -1.65. The first-order valence-electron chi connectivity index (χ1n) is 7.21. The molecule has 1 unspecified atom stereocenters. The normalized spacial score (nSPS) is 12.8. The third-order valence-corrected chi connectivity index (χ3v) is 3.66. The maximum absolute atomic E-state index is 5.71. The first-order valence-corrected chi connectivity index (χ1v) is 7.21. The molecule has 0 aliphatic carbocycles. The first kappa shape index (κ1) is 14.8. The highest BCUT2D eigenvalue weighted by Crippen LogP contribution is 2.21. The number of hydrogen-bond donors (Lipinski definition) is 2. The van der Waals surface area contributed by atoms with Crippen LogP contribution in [0.5, 0.6) is 0 Å². The lowest BCUT2D eigenvalue weighted by Gasteiger charge is -2.16. The summed E-state index contributed by atoms with van der Waals surface area (Å²) in [4.78, 5) is 0. The zero-order chi connectivity index (χ0) is 14.5. The predicted octanol–water partition coefficient (Wildman–Crippen LogP) is 2.77. The van der Waals surface area contributed by atoms with E-state index in [0.29, 0.717) is 5.92 Å². The summed E-state index contributed by atoms with van der Waals surface area (Å²) in [5.41, 5.74) is 6.66. The Balaban J connectivity index is 2.11. The average molecular weight is 272 g/mol. The lowest BCUT2D eigenvalue weighted by atomic mass is 9.97. The summed E-state index contributed by atoms with van der Waals surface area (Å²) in [5, 5.41) is 4.30. The van der Waals surface area contributed by atoms with Gasteiger partial charge >= 0.3 is 0 Å². The van der Waals surface area contributed by atoms with Gasteiger partial charge in [-0.3, -0.25) is 16.0 Å². The van der Waals surface area contributed by atoms with Gasteiger partial charge in [-0.15, -0.1) is 0 Å². The van der Waals surface area contributed by atoms with E-state index in [0.717, 1.165) is 13.0 Å². The number of hydrogen-bond acceptors (Lipinski definition) is 3. The number of aromatic nitrogens is 2. The molecule has 3 N–H and O–H groups in total. The average Bonchev–Trinajstić information content (AvgIpc) is 2.92. The Kier molecular flexibility index (Phi) is 4.93. The number of nitrogens with zero attached hydrogens (tertiary/aromatic N) is 2. The quantitative estimate of drug-likeness (QED) is 0.628. The highest BCUT2D eigenvalue weighted by atomic mass is 15.3. The largest absolute Gasteiger partial charge is 0.273 e. The fourth-order valence-electron chi connectivity index (χ4n) is 2.31. The highest BCUT2D eigenvalue weighted by Gasteiger charge is 2.12. The van der Waals surface area contributed by atoms with Crippen molar-refractivity contribution in [2.45, 2.75) is 45.7 Å². The van der Waals surface area contributed by atoms with E-state index in [-0.39, 0.29) is 6.04 Å². The molecule has 108 valence electrons. The van der Waals surface area contributed by atoms with Crippen LogP contribution in [0, 0.1) is 0 Å². The monoisotopic (exact) mass is 272 g/mol. The highest BCUT2D eigenvalue weighted by molar-refractivity contribution is 5.28. The molecule has 4 heteroatoms. The van der Waals surface area contributed by atoms with Crippen molar-refractivity contribution < 1.29 is 0 Å². The summed E-state index contributed by atoms with van der Waals surface area (Å²) in [6.45, 7) is 7.38. The van der Waals surface area contributed by atoms with E-state index in [1.165, 1.54) is 16.7 Å². The smallest absolute Gasteiger partial charge is 0.0522 e. The number of aryl methyl sites for hydroxylation is 1. The van der Waals surface area contributed by atoms with Crippen LogP contribution in [-0.4, -0.2) is 9.78 Å². The van der Waals surface area contributed by atoms with Crippen molar-refractivity contribution in [1.82, 2.24) is 15.2 Å². The third kappa shape index (κ3) is 3.46. The Morgan fingerprint density at radius 2 is 1.85 bits per heavy atom. The van der Waals surface area contributed by atoms with Gasteiger partial charge < -0.3 is 0 Å². The minimum Gasteiger partial charge on any atom is -0.273 e. The van der Waals surface area contributed by atoms with E-state index in [1.807, 2.05) is 10.9 Å². The molecular formula is C16H24N4. The van der Waals surface area contributed by atoms with Crippen LogP contribution in [0.15, 0.2) is 36.7 Å². The van der Waals surface area contributed by atoms with Gasteiger partial charge in [0.05, 0.1) is 12.2 Å². The van der Waals surface area contributed by atoms with Crippen LogP contribution in [0.1, 0.15) is 49.4 Å². The SMILES string of the molecule is CCn1cc(CC(NN)c2ccc(C(C)C)cc2)cn1. The van der Waals surface area contributed by atoms with E-state index < -0.39 is 0 Å². The molecule has 0 aliphatic rings. The molecule has 2 rings (SSSR count). The Bertz CT molecular complexity index is 528. The number of rotatable bonds is 6. The van der Waals surface area contributed by atoms with Gasteiger partial charge in [-0.2, -0.15) is 5.10 Å². The maximum Gasteiger partial charge on any atom is 0.0522 e. The second-order valence-corrected chi connectivity index (χ2v) is 5.45. The first-order chi connectivity index (χ1) is 9.63. The molecule has 2 aromatic rings. The molecule has 0 amide bonds. The predicted molar refractivity (Wildman–Crippen MR) is 82.2 cm³/mol. The molecule has 1 aromatic carbocycles. The summed E-state index contributed by atoms with van der Waals surface area (Å²) in [5.74, 6) is 6.26. The van der Waals surface area contributed by atoms with E-state index in [2.05, 4.69) is 61.8 Å². The summed E-state index contributed by atoms with van der Waals surface area (Å²) >= 11 is 0. The van der Waals surface area contributed by atoms with Gasteiger partial charge in [-0.05, 0) is 36.0 Å². The standard InChI is InChI=1S/C16H24N4/c1-4-20-11-13(10-18-20)9-16(19-17)15-7-5-14(6-8-15)12(2)3/h5-8,10-12,16,19H,4,9,17H2,1-3H3. The van der Waals surface area contributed by atoms with Gasteiger partial charge in [-0.25, -0.2) is 0 Å². The number of nitrogens with one attached hydrogen (secondary N) is 1. The summed E-state index contributed by atoms with van der Waals surface area (Å²) in [6.07, 6.45) is 4.83. The van der Waals surface area contributed by atoms with Gasteiger partial charge in [0.2, 0.25) is 0 Å². The van der Waals surface area contributed by atoms with Crippen LogP contribution >= 0.6 is 0 Å².